The van der Waals surface area contributed by atoms with Gasteiger partial charge in [0.25, 0.3) is 0 Å². The molecular weight excluding hydrogens is 314 g/mol. The van der Waals surface area contributed by atoms with E-state index in [1.54, 1.807) is 24.3 Å². The summed E-state index contributed by atoms with van der Waals surface area (Å²) in [5, 5.41) is 0.245. The first kappa shape index (κ1) is 15.2. The summed E-state index contributed by atoms with van der Waals surface area (Å²) in [6, 6.07) is 6.26. The van der Waals surface area contributed by atoms with Crippen LogP contribution in [0, 0.1) is 0 Å². The van der Waals surface area contributed by atoms with Gasteiger partial charge < -0.3 is 9.47 Å². The van der Waals surface area contributed by atoms with Crippen molar-refractivity contribution >= 4 is 21.6 Å². The normalized spacial score (nSPS) is 25.3. The van der Waals surface area contributed by atoms with Gasteiger partial charge in [-0.25, -0.2) is 8.42 Å². The Bertz CT molecular complexity index is 601. The van der Waals surface area contributed by atoms with Crippen molar-refractivity contribution in [3.05, 3.63) is 29.3 Å². The molecule has 0 amide bonds. The van der Waals surface area contributed by atoms with Crippen LogP contribution in [0.25, 0.3) is 0 Å². The van der Waals surface area contributed by atoms with Crippen LogP contribution in [-0.2, 0) is 19.5 Å². The van der Waals surface area contributed by atoms with Gasteiger partial charge in [-0.15, -0.1) is 0 Å². The molecule has 7 heteroatoms. The first-order chi connectivity index (χ1) is 10.1. The highest BCUT2D eigenvalue weighted by Crippen LogP contribution is 2.32. The Hall–Kier alpha value is -0.660. The van der Waals surface area contributed by atoms with Crippen LogP contribution >= 0.6 is 11.6 Å². The summed E-state index contributed by atoms with van der Waals surface area (Å²) < 4.78 is 38.4. The van der Waals surface area contributed by atoms with E-state index in [9.17, 15) is 8.42 Å². The van der Waals surface area contributed by atoms with Crippen molar-refractivity contribution in [2.24, 2.45) is 0 Å². The fourth-order valence-corrected chi connectivity index (χ4v) is 5.06. The van der Waals surface area contributed by atoms with E-state index in [4.69, 9.17) is 21.1 Å². The molecule has 0 N–H and O–H groups in total. The number of ether oxygens (including phenoxy) is 2. The lowest BCUT2D eigenvalue weighted by atomic mass is 10.0. The van der Waals surface area contributed by atoms with E-state index in [0.29, 0.717) is 19.8 Å². The minimum Gasteiger partial charge on any atom is -0.349 e. The quantitative estimate of drug-likeness (QED) is 0.852. The smallest absolute Gasteiger partial charge is 0.244 e. The summed E-state index contributed by atoms with van der Waals surface area (Å²) in [6.07, 6.45) is 2.09. The lowest BCUT2D eigenvalue weighted by Gasteiger charge is -2.36. The molecule has 1 aromatic carbocycles. The molecule has 0 radical (unpaired) electrons. The van der Waals surface area contributed by atoms with Crippen molar-refractivity contribution in [1.82, 2.24) is 4.31 Å². The van der Waals surface area contributed by atoms with Gasteiger partial charge in [0.15, 0.2) is 6.29 Å². The maximum absolute atomic E-state index is 12.9. The topological polar surface area (TPSA) is 55.8 Å². The van der Waals surface area contributed by atoms with E-state index in [1.807, 2.05) is 0 Å². The largest absolute Gasteiger partial charge is 0.349 e. The molecule has 116 valence electrons. The van der Waals surface area contributed by atoms with Crippen LogP contribution in [0.15, 0.2) is 29.2 Å². The second-order valence-corrected chi connectivity index (χ2v) is 7.49. The molecule has 3 rings (SSSR count). The number of piperidine rings is 1. The number of rotatable bonds is 3. The Balaban J connectivity index is 1.93. The molecule has 0 bridgehead atoms. The zero-order valence-electron chi connectivity index (χ0n) is 11.6. The molecule has 0 aromatic heterocycles. The summed E-state index contributed by atoms with van der Waals surface area (Å²) in [7, 11) is -3.64. The summed E-state index contributed by atoms with van der Waals surface area (Å²) in [5.74, 6) is 0. The summed E-state index contributed by atoms with van der Waals surface area (Å²) in [5.41, 5.74) is 0. The minimum absolute atomic E-state index is 0.150. The summed E-state index contributed by atoms with van der Waals surface area (Å²) in [4.78, 5) is 0.150. The molecule has 1 atom stereocenters. The van der Waals surface area contributed by atoms with E-state index < -0.39 is 16.3 Å². The second-order valence-electron chi connectivity index (χ2n) is 5.22. The number of sulfonamides is 1. The highest BCUT2D eigenvalue weighted by atomic mass is 35.5. The Morgan fingerprint density at radius 1 is 1.14 bits per heavy atom. The third-order valence-electron chi connectivity index (χ3n) is 3.88. The van der Waals surface area contributed by atoms with Crippen LogP contribution in [0.4, 0.5) is 0 Å². The Labute approximate surface area is 129 Å². The van der Waals surface area contributed by atoms with E-state index in [2.05, 4.69) is 0 Å². The molecule has 0 unspecified atom stereocenters. The monoisotopic (exact) mass is 331 g/mol. The SMILES string of the molecule is O=S(=O)(c1ccccc1Cl)N1CCCC[C@H]1C1OCCO1. The second kappa shape index (κ2) is 6.22. The van der Waals surface area contributed by atoms with Crippen molar-refractivity contribution in [3.63, 3.8) is 0 Å². The van der Waals surface area contributed by atoms with Crippen molar-refractivity contribution in [1.29, 1.82) is 0 Å². The van der Waals surface area contributed by atoms with Crippen molar-refractivity contribution in [2.75, 3.05) is 19.8 Å². The zero-order valence-corrected chi connectivity index (χ0v) is 13.1. The lowest BCUT2D eigenvalue weighted by molar-refractivity contribution is -0.0913. The molecule has 21 heavy (non-hydrogen) atoms. The molecule has 2 fully saturated rings. The van der Waals surface area contributed by atoms with Crippen molar-refractivity contribution in [2.45, 2.75) is 36.5 Å². The van der Waals surface area contributed by atoms with E-state index in [0.717, 1.165) is 19.3 Å². The zero-order chi connectivity index (χ0) is 14.9. The average Bonchev–Trinajstić information content (AvgIpc) is 3.01. The molecule has 2 aliphatic heterocycles. The molecule has 5 nitrogen and oxygen atoms in total. The van der Waals surface area contributed by atoms with Gasteiger partial charge >= 0.3 is 0 Å². The Kier molecular flexibility index (Phi) is 4.51. The number of nitrogens with zero attached hydrogens (tertiary/aromatic N) is 1. The lowest BCUT2D eigenvalue weighted by Crippen LogP contribution is -2.50. The van der Waals surface area contributed by atoms with Gasteiger partial charge in [-0.1, -0.05) is 30.2 Å². The van der Waals surface area contributed by atoms with Crippen LogP contribution in [-0.4, -0.2) is 44.8 Å². The average molecular weight is 332 g/mol. The molecule has 0 spiro atoms. The van der Waals surface area contributed by atoms with Gasteiger partial charge in [-0.2, -0.15) is 4.31 Å². The third-order valence-corrected chi connectivity index (χ3v) is 6.31. The number of benzene rings is 1. The third kappa shape index (κ3) is 2.96. The number of hydrogen-bond acceptors (Lipinski definition) is 4. The minimum atomic E-state index is -3.64. The predicted molar refractivity (Wildman–Crippen MR) is 78.7 cm³/mol. The Morgan fingerprint density at radius 2 is 1.86 bits per heavy atom. The van der Waals surface area contributed by atoms with Gasteiger partial charge in [0.05, 0.1) is 24.3 Å². The van der Waals surface area contributed by atoms with Gasteiger partial charge in [0.2, 0.25) is 10.0 Å². The van der Waals surface area contributed by atoms with Gasteiger partial charge in [0, 0.05) is 6.54 Å². The molecular formula is C14H18ClNO4S. The maximum atomic E-state index is 12.9. The predicted octanol–water partition coefficient (Wildman–Crippen LogP) is 2.26. The number of halogens is 1. The molecule has 2 heterocycles. The summed E-state index contributed by atoms with van der Waals surface area (Å²) >= 11 is 6.07. The number of hydrogen-bond donors (Lipinski definition) is 0. The molecule has 1 aromatic rings. The molecule has 2 aliphatic rings. The van der Waals surface area contributed by atoms with Crippen molar-refractivity contribution < 1.29 is 17.9 Å². The first-order valence-corrected chi connectivity index (χ1v) is 8.92. The Morgan fingerprint density at radius 3 is 2.57 bits per heavy atom. The molecule has 0 saturated carbocycles. The van der Waals surface area contributed by atoms with Gasteiger partial charge in [-0.05, 0) is 25.0 Å². The molecule has 2 saturated heterocycles. The van der Waals surface area contributed by atoms with E-state index in [1.165, 1.54) is 4.31 Å². The van der Waals surface area contributed by atoms with E-state index >= 15 is 0 Å². The summed E-state index contributed by atoms with van der Waals surface area (Å²) in [6.45, 7) is 1.50. The maximum Gasteiger partial charge on any atom is 0.244 e. The van der Waals surface area contributed by atoms with Crippen LogP contribution in [0.3, 0.4) is 0 Å². The van der Waals surface area contributed by atoms with Crippen LogP contribution in [0.5, 0.6) is 0 Å². The van der Waals surface area contributed by atoms with E-state index in [-0.39, 0.29) is 16.0 Å². The van der Waals surface area contributed by atoms with Gasteiger partial charge in [0.1, 0.15) is 4.90 Å². The fourth-order valence-electron chi connectivity index (χ4n) is 2.88. The van der Waals surface area contributed by atoms with Crippen LogP contribution in [0.1, 0.15) is 19.3 Å². The highest BCUT2D eigenvalue weighted by Gasteiger charge is 2.40. The van der Waals surface area contributed by atoms with Gasteiger partial charge in [-0.3, -0.25) is 0 Å². The first-order valence-electron chi connectivity index (χ1n) is 7.10. The highest BCUT2D eigenvalue weighted by molar-refractivity contribution is 7.89. The van der Waals surface area contributed by atoms with Crippen molar-refractivity contribution in [3.8, 4) is 0 Å². The van der Waals surface area contributed by atoms with Crippen LogP contribution in [0.2, 0.25) is 5.02 Å². The fraction of sp³-hybridized carbons (Fsp3) is 0.571. The molecule has 0 aliphatic carbocycles. The standard InChI is InChI=1S/C14H18ClNO4S/c15-11-5-1-2-7-13(11)21(17,18)16-8-4-3-6-12(16)14-19-9-10-20-14/h1-2,5,7,12,14H,3-4,6,8-10H2/t12-/m0/s1. The van der Waals surface area contributed by atoms with Crippen LogP contribution < -0.4 is 0 Å².